The summed E-state index contributed by atoms with van der Waals surface area (Å²) in [4.78, 5) is 2.81. The predicted molar refractivity (Wildman–Crippen MR) is 87.4 cm³/mol. The van der Waals surface area contributed by atoms with Gasteiger partial charge in [0.05, 0.1) is 10.6 Å². The maximum absolute atomic E-state index is 12.1. The SMILES string of the molecule is CCCS(=O)(=O)c1ccc(N2CCCCC2CCN)cc1. The van der Waals surface area contributed by atoms with Gasteiger partial charge >= 0.3 is 0 Å². The minimum Gasteiger partial charge on any atom is -0.369 e. The first-order chi connectivity index (χ1) is 10.1. The van der Waals surface area contributed by atoms with Gasteiger partial charge in [-0.15, -0.1) is 0 Å². The maximum atomic E-state index is 12.1. The molecule has 21 heavy (non-hydrogen) atoms. The van der Waals surface area contributed by atoms with E-state index in [0.29, 0.717) is 23.9 Å². The summed E-state index contributed by atoms with van der Waals surface area (Å²) in [6, 6.07) is 7.86. The van der Waals surface area contributed by atoms with Gasteiger partial charge in [-0.1, -0.05) is 6.92 Å². The Labute approximate surface area is 128 Å². The fourth-order valence-electron chi connectivity index (χ4n) is 3.06. The minimum atomic E-state index is -3.12. The number of nitrogens with two attached hydrogens (primary N) is 1. The topological polar surface area (TPSA) is 63.4 Å². The van der Waals surface area contributed by atoms with E-state index in [-0.39, 0.29) is 5.75 Å². The Balaban J connectivity index is 2.17. The number of rotatable bonds is 6. The van der Waals surface area contributed by atoms with E-state index in [9.17, 15) is 8.42 Å². The molecule has 1 atom stereocenters. The third-order valence-electron chi connectivity index (χ3n) is 4.13. The molecule has 2 N–H and O–H groups in total. The molecule has 0 bridgehead atoms. The molecule has 118 valence electrons. The molecule has 1 saturated heterocycles. The molecular formula is C16H26N2O2S. The Morgan fingerprint density at radius 3 is 2.57 bits per heavy atom. The normalized spacial score (nSPS) is 19.7. The average molecular weight is 310 g/mol. The zero-order chi connectivity index (χ0) is 15.3. The first-order valence-electron chi connectivity index (χ1n) is 7.88. The summed E-state index contributed by atoms with van der Waals surface area (Å²) in [5.41, 5.74) is 6.82. The van der Waals surface area contributed by atoms with E-state index in [4.69, 9.17) is 5.73 Å². The lowest BCUT2D eigenvalue weighted by molar-refractivity contribution is 0.442. The van der Waals surface area contributed by atoms with Crippen LogP contribution in [0.4, 0.5) is 5.69 Å². The molecule has 5 heteroatoms. The van der Waals surface area contributed by atoms with Crippen LogP contribution in [0.25, 0.3) is 0 Å². The highest BCUT2D eigenvalue weighted by Crippen LogP contribution is 2.27. The Hall–Kier alpha value is -1.07. The van der Waals surface area contributed by atoms with Crippen LogP contribution in [0.1, 0.15) is 39.0 Å². The fraction of sp³-hybridized carbons (Fsp3) is 0.625. The van der Waals surface area contributed by atoms with Crippen molar-refractivity contribution < 1.29 is 8.42 Å². The van der Waals surface area contributed by atoms with E-state index in [1.807, 2.05) is 19.1 Å². The maximum Gasteiger partial charge on any atom is 0.178 e. The van der Waals surface area contributed by atoms with Crippen molar-refractivity contribution in [2.24, 2.45) is 5.73 Å². The molecule has 1 unspecified atom stereocenters. The molecule has 0 radical (unpaired) electrons. The molecule has 0 aromatic heterocycles. The second-order valence-electron chi connectivity index (χ2n) is 5.73. The van der Waals surface area contributed by atoms with Crippen molar-refractivity contribution in [3.63, 3.8) is 0 Å². The molecule has 1 aliphatic heterocycles. The van der Waals surface area contributed by atoms with Crippen LogP contribution in [-0.4, -0.2) is 33.3 Å². The van der Waals surface area contributed by atoms with Crippen LogP contribution >= 0.6 is 0 Å². The van der Waals surface area contributed by atoms with Gasteiger partial charge < -0.3 is 10.6 Å². The number of piperidine rings is 1. The molecule has 1 aliphatic rings. The van der Waals surface area contributed by atoms with Gasteiger partial charge in [-0.3, -0.25) is 0 Å². The molecule has 2 rings (SSSR count). The zero-order valence-corrected chi connectivity index (χ0v) is 13.6. The van der Waals surface area contributed by atoms with Gasteiger partial charge in [-0.05, 0) is 62.9 Å². The lowest BCUT2D eigenvalue weighted by Gasteiger charge is -2.37. The van der Waals surface area contributed by atoms with Gasteiger partial charge in [-0.25, -0.2) is 8.42 Å². The van der Waals surface area contributed by atoms with Crippen LogP contribution in [-0.2, 0) is 9.84 Å². The van der Waals surface area contributed by atoms with E-state index < -0.39 is 9.84 Å². The van der Waals surface area contributed by atoms with Crippen LogP contribution in [0.3, 0.4) is 0 Å². The van der Waals surface area contributed by atoms with Gasteiger partial charge in [0.1, 0.15) is 0 Å². The molecule has 1 heterocycles. The zero-order valence-electron chi connectivity index (χ0n) is 12.8. The number of nitrogens with zero attached hydrogens (tertiary/aromatic N) is 1. The highest BCUT2D eigenvalue weighted by atomic mass is 32.2. The summed E-state index contributed by atoms with van der Waals surface area (Å²) < 4.78 is 24.1. The van der Waals surface area contributed by atoms with Gasteiger partial charge in [0.15, 0.2) is 9.84 Å². The summed E-state index contributed by atoms with van der Waals surface area (Å²) in [5.74, 6) is 0.214. The molecule has 1 aromatic rings. The monoisotopic (exact) mass is 310 g/mol. The van der Waals surface area contributed by atoms with Crippen molar-refractivity contribution in [3.05, 3.63) is 24.3 Å². The Kier molecular flexibility index (Phi) is 5.65. The summed E-state index contributed by atoms with van der Waals surface area (Å²) in [7, 11) is -3.12. The lowest BCUT2D eigenvalue weighted by atomic mass is 9.98. The summed E-state index contributed by atoms with van der Waals surface area (Å²) in [6.45, 7) is 3.62. The number of hydrogen-bond acceptors (Lipinski definition) is 4. The fourth-order valence-corrected chi connectivity index (χ4v) is 4.39. The third kappa shape index (κ3) is 3.98. The highest BCUT2D eigenvalue weighted by molar-refractivity contribution is 7.91. The van der Waals surface area contributed by atoms with E-state index in [1.54, 1.807) is 12.1 Å². The molecule has 1 fully saturated rings. The van der Waals surface area contributed by atoms with E-state index >= 15 is 0 Å². The molecule has 0 amide bonds. The van der Waals surface area contributed by atoms with Crippen molar-refractivity contribution in [3.8, 4) is 0 Å². The van der Waals surface area contributed by atoms with E-state index in [2.05, 4.69) is 4.90 Å². The molecule has 0 aliphatic carbocycles. The van der Waals surface area contributed by atoms with Crippen LogP contribution in [0.15, 0.2) is 29.2 Å². The number of sulfone groups is 1. The summed E-state index contributed by atoms with van der Waals surface area (Å²) in [6.07, 6.45) is 5.26. The van der Waals surface area contributed by atoms with E-state index in [0.717, 1.165) is 18.7 Å². The minimum absolute atomic E-state index is 0.214. The van der Waals surface area contributed by atoms with E-state index in [1.165, 1.54) is 19.3 Å². The number of anilines is 1. The molecule has 0 spiro atoms. The van der Waals surface area contributed by atoms with Gasteiger partial charge in [0, 0.05) is 18.3 Å². The van der Waals surface area contributed by atoms with Crippen molar-refractivity contribution in [2.75, 3.05) is 23.7 Å². The average Bonchev–Trinajstić information content (AvgIpc) is 2.48. The predicted octanol–water partition coefficient (Wildman–Crippen LogP) is 2.58. The summed E-state index contributed by atoms with van der Waals surface area (Å²) >= 11 is 0. The molecule has 1 aromatic carbocycles. The van der Waals surface area contributed by atoms with Crippen LogP contribution in [0, 0.1) is 0 Å². The second-order valence-corrected chi connectivity index (χ2v) is 7.84. The number of hydrogen-bond donors (Lipinski definition) is 1. The highest BCUT2D eigenvalue weighted by Gasteiger charge is 2.22. The van der Waals surface area contributed by atoms with Gasteiger partial charge in [0.25, 0.3) is 0 Å². The molecular weight excluding hydrogens is 284 g/mol. The van der Waals surface area contributed by atoms with Gasteiger partial charge in [0.2, 0.25) is 0 Å². The lowest BCUT2D eigenvalue weighted by Crippen LogP contribution is -2.40. The molecule has 0 saturated carbocycles. The van der Waals surface area contributed by atoms with Crippen LogP contribution in [0.2, 0.25) is 0 Å². The van der Waals surface area contributed by atoms with Crippen molar-refractivity contribution in [1.29, 1.82) is 0 Å². The van der Waals surface area contributed by atoms with Crippen LogP contribution in [0.5, 0.6) is 0 Å². The summed E-state index contributed by atoms with van der Waals surface area (Å²) in [5, 5.41) is 0. The number of benzene rings is 1. The first-order valence-corrected chi connectivity index (χ1v) is 9.53. The van der Waals surface area contributed by atoms with Crippen molar-refractivity contribution >= 4 is 15.5 Å². The Bertz CT molecular complexity index is 538. The van der Waals surface area contributed by atoms with Crippen molar-refractivity contribution in [1.82, 2.24) is 0 Å². The third-order valence-corrected chi connectivity index (χ3v) is 6.06. The Morgan fingerprint density at radius 1 is 1.24 bits per heavy atom. The second kappa shape index (κ2) is 7.27. The first kappa shape index (κ1) is 16.3. The smallest absolute Gasteiger partial charge is 0.178 e. The Morgan fingerprint density at radius 2 is 1.95 bits per heavy atom. The quantitative estimate of drug-likeness (QED) is 0.877. The van der Waals surface area contributed by atoms with Crippen LogP contribution < -0.4 is 10.6 Å². The standard InChI is InChI=1S/C16H26N2O2S/c1-2-13-21(19,20)16-8-6-15(7-9-16)18-12-4-3-5-14(18)10-11-17/h6-9,14H,2-5,10-13,17H2,1H3. The molecule has 4 nitrogen and oxygen atoms in total. The largest absolute Gasteiger partial charge is 0.369 e. The van der Waals surface area contributed by atoms with Gasteiger partial charge in [-0.2, -0.15) is 0 Å². The van der Waals surface area contributed by atoms with Crippen molar-refractivity contribution in [2.45, 2.75) is 50.0 Å².